The SMILES string of the molecule is NCCN.Oc1ccccc1-c1ccccc1. The lowest BCUT2D eigenvalue weighted by Gasteiger charge is -2.02. The molecule has 3 nitrogen and oxygen atoms in total. The molecule has 2 rings (SSSR count). The molecule has 2 aromatic carbocycles. The number of para-hydroxylation sites is 1. The summed E-state index contributed by atoms with van der Waals surface area (Å²) in [7, 11) is 0. The van der Waals surface area contributed by atoms with E-state index in [9.17, 15) is 5.11 Å². The van der Waals surface area contributed by atoms with Crippen molar-refractivity contribution in [2.75, 3.05) is 13.1 Å². The van der Waals surface area contributed by atoms with Gasteiger partial charge in [-0.05, 0) is 11.6 Å². The highest BCUT2D eigenvalue weighted by molar-refractivity contribution is 5.69. The Morgan fingerprint density at radius 2 is 1.29 bits per heavy atom. The van der Waals surface area contributed by atoms with Crippen molar-refractivity contribution in [2.24, 2.45) is 11.5 Å². The first-order valence-electron chi connectivity index (χ1n) is 5.53. The predicted molar refractivity (Wildman–Crippen MR) is 71.7 cm³/mol. The molecular formula is C14H18N2O. The van der Waals surface area contributed by atoms with Gasteiger partial charge in [0.2, 0.25) is 0 Å². The molecule has 0 bridgehead atoms. The summed E-state index contributed by atoms with van der Waals surface area (Å²) in [5.74, 6) is 0.328. The van der Waals surface area contributed by atoms with Crippen LogP contribution in [0.4, 0.5) is 0 Å². The number of phenols is 1. The molecule has 2 aromatic rings. The molecule has 0 aliphatic rings. The fourth-order valence-electron chi connectivity index (χ4n) is 1.34. The Balaban J connectivity index is 0.000000317. The maximum absolute atomic E-state index is 9.56. The second-order valence-corrected chi connectivity index (χ2v) is 3.46. The van der Waals surface area contributed by atoms with Gasteiger partial charge in [-0.3, -0.25) is 0 Å². The smallest absolute Gasteiger partial charge is 0.123 e. The van der Waals surface area contributed by atoms with Gasteiger partial charge in [-0.15, -0.1) is 0 Å². The lowest BCUT2D eigenvalue weighted by molar-refractivity contribution is 0.477. The Bertz CT molecular complexity index is 427. The minimum absolute atomic E-state index is 0.328. The monoisotopic (exact) mass is 230 g/mol. The molecule has 0 heterocycles. The van der Waals surface area contributed by atoms with Crippen molar-refractivity contribution in [3.05, 3.63) is 54.6 Å². The topological polar surface area (TPSA) is 72.3 Å². The van der Waals surface area contributed by atoms with E-state index in [0.717, 1.165) is 11.1 Å². The zero-order chi connectivity index (χ0) is 12.5. The molecule has 0 aliphatic heterocycles. The third-order valence-corrected chi connectivity index (χ3v) is 2.16. The van der Waals surface area contributed by atoms with Crippen LogP contribution in [0.2, 0.25) is 0 Å². The van der Waals surface area contributed by atoms with Crippen LogP contribution >= 0.6 is 0 Å². The number of phenolic OH excluding ortho intramolecular Hbond substituents is 1. The maximum Gasteiger partial charge on any atom is 0.123 e. The van der Waals surface area contributed by atoms with Crippen LogP contribution < -0.4 is 11.5 Å². The van der Waals surface area contributed by atoms with Gasteiger partial charge < -0.3 is 16.6 Å². The molecule has 0 radical (unpaired) electrons. The molecule has 0 aliphatic carbocycles. The summed E-state index contributed by atoms with van der Waals surface area (Å²) in [6, 6.07) is 17.2. The van der Waals surface area contributed by atoms with Crippen molar-refractivity contribution in [1.29, 1.82) is 0 Å². The van der Waals surface area contributed by atoms with Crippen LogP contribution in [0, 0.1) is 0 Å². The van der Waals surface area contributed by atoms with Crippen molar-refractivity contribution in [1.82, 2.24) is 0 Å². The Morgan fingerprint density at radius 3 is 1.82 bits per heavy atom. The molecule has 0 spiro atoms. The third kappa shape index (κ3) is 4.26. The summed E-state index contributed by atoms with van der Waals surface area (Å²) >= 11 is 0. The minimum Gasteiger partial charge on any atom is -0.507 e. The van der Waals surface area contributed by atoms with E-state index < -0.39 is 0 Å². The third-order valence-electron chi connectivity index (χ3n) is 2.16. The van der Waals surface area contributed by atoms with Gasteiger partial charge in [0, 0.05) is 18.7 Å². The zero-order valence-electron chi connectivity index (χ0n) is 9.71. The molecule has 0 fully saturated rings. The van der Waals surface area contributed by atoms with Crippen molar-refractivity contribution in [2.45, 2.75) is 0 Å². The predicted octanol–water partition coefficient (Wildman–Crippen LogP) is 1.96. The van der Waals surface area contributed by atoms with Crippen LogP contribution in [0.15, 0.2) is 54.6 Å². The zero-order valence-corrected chi connectivity index (χ0v) is 9.71. The Kier molecular flexibility index (Phi) is 5.79. The second kappa shape index (κ2) is 7.44. The van der Waals surface area contributed by atoms with E-state index in [-0.39, 0.29) is 0 Å². The molecule has 0 saturated heterocycles. The van der Waals surface area contributed by atoms with Crippen LogP contribution in [0.25, 0.3) is 11.1 Å². The molecular weight excluding hydrogens is 212 g/mol. The van der Waals surface area contributed by atoms with Gasteiger partial charge in [0.25, 0.3) is 0 Å². The number of hydrogen-bond donors (Lipinski definition) is 3. The molecule has 0 amide bonds. The average molecular weight is 230 g/mol. The van der Waals surface area contributed by atoms with Crippen LogP contribution in [0.1, 0.15) is 0 Å². The van der Waals surface area contributed by atoms with E-state index in [1.807, 2.05) is 48.5 Å². The first kappa shape index (κ1) is 13.2. The maximum atomic E-state index is 9.56. The fraction of sp³-hybridized carbons (Fsp3) is 0.143. The highest BCUT2D eigenvalue weighted by atomic mass is 16.3. The summed E-state index contributed by atoms with van der Waals surface area (Å²) < 4.78 is 0. The van der Waals surface area contributed by atoms with Gasteiger partial charge in [0.15, 0.2) is 0 Å². The summed E-state index contributed by atoms with van der Waals surface area (Å²) in [6.45, 7) is 1.19. The average Bonchev–Trinajstić information content (AvgIpc) is 2.41. The molecule has 90 valence electrons. The normalized spacial score (nSPS) is 9.29. The van der Waals surface area contributed by atoms with E-state index in [2.05, 4.69) is 0 Å². The van der Waals surface area contributed by atoms with Gasteiger partial charge in [0.1, 0.15) is 5.75 Å². The van der Waals surface area contributed by atoms with Crippen molar-refractivity contribution >= 4 is 0 Å². The van der Waals surface area contributed by atoms with E-state index >= 15 is 0 Å². The van der Waals surface area contributed by atoms with Gasteiger partial charge in [-0.1, -0.05) is 48.5 Å². The fourth-order valence-corrected chi connectivity index (χ4v) is 1.34. The molecule has 0 aromatic heterocycles. The molecule has 0 atom stereocenters. The molecule has 3 heteroatoms. The van der Waals surface area contributed by atoms with Crippen molar-refractivity contribution in [3.63, 3.8) is 0 Å². The van der Waals surface area contributed by atoms with Crippen LogP contribution in [0.5, 0.6) is 5.75 Å². The minimum atomic E-state index is 0.328. The van der Waals surface area contributed by atoms with Crippen molar-refractivity contribution in [3.8, 4) is 16.9 Å². The summed E-state index contributed by atoms with van der Waals surface area (Å²) in [5.41, 5.74) is 11.7. The van der Waals surface area contributed by atoms with Gasteiger partial charge in [-0.25, -0.2) is 0 Å². The van der Waals surface area contributed by atoms with Crippen LogP contribution in [-0.4, -0.2) is 18.2 Å². The summed E-state index contributed by atoms with van der Waals surface area (Å²) in [5, 5.41) is 9.56. The Labute approximate surface area is 102 Å². The highest BCUT2D eigenvalue weighted by Crippen LogP contribution is 2.27. The molecule has 5 N–H and O–H groups in total. The summed E-state index contributed by atoms with van der Waals surface area (Å²) in [6.07, 6.45) is 0. The highest BCUT2D eigenvalue weighted by Gasteiger charge is 2.00. The van der Waals surface area contributed by atoms with Crippen LogP contribution in [-0.2, 0) is 0 Å². The number of nitrogens with two attached hydrogens (primary N) is 2. The second-order valence-electron chi connectivity index (χ2n) is 3.46. The largest absolute Gasteiger partial charge is 0.507 e. The van der Waals surface area contributed by atoms with Gasteiger partial charge in [-0.2, -0.15) is 0 Å². The number of benzene rings is 2. The summed E-state index contributed by atoms with van der Waals surface area (Å²) in [4.78, 5) is 0. The quantitative estimate of drug-likeness (QED) is 0.738. The lowest BCUT2D eigenvalue weighted by Crippen LogP contribution is -2.11. The number of hydrogen-bond acceptors (Lipinski definition) is 3. The van der Waals surface area contributed by atoms with E-state index in [1.165, 1.54) is 0 Å². The van der Waals surface area contributed by atoms with E-state index in [4.69, 9.17) is 11.5 Å². The first-order chi connectivity index (χ1) is 8.29. The molecule has 17 heavy (non-hydrogen) atoms. The lowest BCUT2D eigenvalue weighted by atomic mass is 10.1. The van der Waals surface area contributed by atoms with Crippen molar-refractivity contribution < 1.29 is 5.11 Å². The van der Waals surface area contributed by atoms with E-state index in [1.54, 1.807) is 6.07 Å². The Morgan fingerprint density at radius 1 is 0.765 bits per heavy atom. The standard InChI is InChI=1S/C12H10O.C2H8N2/c13-12-9-5-4-8-11(12)10-6-2-1-3-7-10;3-1-2-4/h1-9,13H;1-4H2. The van der Waals surface area contributed by atoms with Crippen LogP contribution in [0.3, 0.4) is 0 Å². The number of aromatic hydroxyl groups is 1. The van der Waals surface area contributed by atoms with E-state index in [0.29, 0.717) is 18.8 Å². The first-order valence-corrected chi connectivity index (χ1v) is 5.53. The van der Waals surface area contributed by atoms with Gasteiger partial charge in [0.05, 0.1) is 0 Å². The molecule has 0 saturated carbocycles. The Hall–Kier alpha value is -1.84. The van der Waals surface area contributed by atoms with Gasteiger partial charge >= 0.3 is 0 Å². The molecule has 0 unspecified atom stereocenters. The number of rotatable bonds is 2.